The minimum atomic E-state index is -3.66. The maximum absolute atomic E-state index is 12.6. The summed E-state index contributed by atoms with van der Waals surface area (Å²) in [5.74, 6) is 0.163. The Morgan fingerprint density at radius 3 is 2.28 bits per heavy atom. The second-order valence-corrected chi connectivity index (χ2v) is 8.12. The van der Waals surface area contributed by atoms with E-state index in [1.165, 1.54) is 14.0 Å². The molecule has 2 aromatic rings. The Hall–Kier alpha value is -2.06. The summed E-state index contributed by atoms with van der Waals surface area (Å²) in [7, 11) is -2.14. The smallest absolute Gasteiger partial charge is 0.248 e. The highest BCUT2D eigenvalue weighted by atomic mass is 79.9. The minimum Gasteiger partial charge on any atom is -0.497 e. The highest BCUT2D eigenvalue weighted by Crippen LogP contribution is 2.26. The van der Waals surface area contributed by atoms with Crippen molar-refractivity contribution in [3.8, 4) is 5.75 Å². The molecule has 0 aliphatic heterocycles. The predicted octanol–water partition coefficient (Wildman–Crippen LogP) is 3.25. The van der Waals surface area contributed by atoms with Gasteiger partial charge in [-0.25, -0.2) is 8.42 Å². The fourth-order valence-corrected chi connectivity index (χ4v) is 3.90. The van der Waals surface area contributed by atoms with Crippen LogP contribution < -0.4 is 14.4 Å². The van der Waals surface area contributed by atoms with Crippen molar-refractivity contribution in [2.24, 2.45) is 0 Å². The second kappa shape index (κ2) is 7.88. The maximum Gasteiger partial charge on any atom is 0.248 e. The van der Waals surface area contributed by atoms with Gasteiger partial charge in [0.15, 0.2) is 0 Å². The molecule has 0 aliphatic carbocycles. The van der Waals surface area contributed by atoms with Crippen LogP contribution in [-0.2, 0) is 14.8 Å². The molecular formula is C17H19BrN2O4S. The number of halogens is 1. The second-order valence-electron chi connectivity index (χ2n) is 5.40. The van der Waals surface area contributed by atoms with E-state index in [-0.39, 0.29) is 0 Å². The van der Waals surface area contributed by atoms with E-state index < -0.39 is 22.0 Å². The van der Waals surface area contributed by atoms with Gasteiger partial charge in [-0.1, -0.05) is 12.1 Å². The Morgan fingerprint density at radius 1 is 1.16 bits per heavy atom. The third-order valence-electron chi connectivity index (χ3n) is 3.55. The molecule has 0 heterocycles. The van der Waals surface area contributed by atoms with Crippen LogP contribution in [0.1, 0.15) is 6.92 Å². The number of hydrogen-bond donors (Lipinski definition) is 1. The summed E-state index contributed by atoms with van der Waals surface area (Å²) in [5.41, 5.74) is 0.959. The average Bonchev–Trinajstić information content (AvgIpc) is 2.56. The van der Waals surface area contributed by atoms with Crippen molar-refractivity contribution in [3.05, 3.63) is 53.0 Å². The fourth-order valence-electron chi connectivity index (χ4n) is 2.34. The first-order valence-corrected chi connectivity index (χ1v) is 10.1. The normalized spacial score (nSPS) is 12.3. The molecule has 0 spiro atoms. The van der Waals surface area contributed by atoms with Gasteiger partial charge in [-0.3, -0.25) is 9.10 Å². The first kappa shape index (κ1) is 19.3. The van der Waals surface area contributed by atoms with Gasteiger partial charge in [0.05, 0.1) is 24.7 Å². The zero-order valence-electron chi connectivity index (χ0n) is 14.1. The fraction of sp³-hybridized carbons (Fsp3) is 0.235. The summed E-state index contributed by atoms with van der Waals surface area (Å²) in [6.45, 7) is 1.54. The summed E-state index contributed by atoms with van der Waals surface area (Å²) < 4.78 is 31.4. The Balaban J connectivity index is 2.31. The topological polar surface area (TPSA) is 75.7 Å². The molecule has 0 unspecified atom stereocenters. The van der Waals surface area contributed by atoms with Crippen LogP contribution in [0.4, 0.5) is 11.4 Å². The standard InChI is InChI=1S/C17H19BrN2O4S/c1-12(17(21)19-16-7-5-4-6-15(16)18)20(25(3,22)23)13-8-10-14(24-2)11-9-13/h4-12H,1-3H3,(H,19,21)/t12-/m1/s1. The lowest BCUT2D eigenvalue weighted by Crippen LogP contribution is -2.45. The molecule has 1 N–H and O–H groups in total. The lowest BCUT2D eigenvalue weighted by molar-refractivity contribution is -0.116. The van der Waals surface area contributed by atoms with Crippen molar-refractivity contribution < 1.29 is 17.9 Å². The first-order chi connectivity index (χ1) is 11.7. The average molecular weight is 427 g/mol. The minimum absolute atomic E-state index is 0.387. The predicted molar refractivity (Wildman–Crippen MR) is 103 cm³/mol. The van der Waals surface area contributed by atoms with Gasteiger partial charge in [-0.2, -0.15) is 0 Å². The molecule has 1 amide bonds. The third-order valence-corrected chi connectivity index (χ3v) is 5.48. The van der Waals surface area contributed by atoms with Crippen LogP contribution >= 0.6 is 15.9 Å². The Bertz CT molecular complexity index is 853. The van der Waals surface area contributed by atoms with Gasteiger partial charge >= 0.3 is 0 Å². The molecule has 2 aromatic carbocycles. The number of sulfonamides is 1. The van der Waals surface area contributed by atoms with E-state index in [1.54, 1.807) is 42.5 Å². The van der Waals surface area contributed by atoms with Crippen LogP contribution in [0.2, 0.25) is 0 Å². The molecule has 0 saturated carbocycles. The first-order valence-electron chi connectivity index (χ1n) is 7.43. The van der Waals surface area contributed by atoms with Crippen molar-refractivity contribution in [2.75, 3.05) is 23.0 Å². The molecule has 25 heavy (non-hydrogen) atoms. The van der Waals surface area contributed by atoms with Gasteiger partial charge in [0.25, 0.3) is 0 Å². The molecule has 6 nitrogen and oxygen atoms in total. The van der Waals surface area contributed by atoms with E-state index >= 15 is 0 Å². The van der Waals surface area contributed by atoms with Crippen molar-refractivity contribution >= 4 is 43.2 Å². The molecule has 0 aliphatic rings. The molecule has 0 saturated heterocycles. The monoisotopic (exact) mass is 426 g/mol. The lowest BCUT2D eigenvalue weighted by atomic mass is 10.2. The summed E-state index contributed by atoms with van der Waals surface area (Å²) >= 11 is 3.35. The Kier molecular flexibility index (Phi) is 6.07. The quantitative estimate of drug-likeness (QED) is 0.768. The summed E-state index contributed by atoms with van der Waals surface area (Å²) in [6.07, 6.45) is 1.07. The van der Waals surface area contributed by atoms with E-state index in [0.717, 1.165) is 10.6 Å². The van der Waals surface area contributed by atoms with Crippen molar-refractivity contribution in [3.63, 3.8) is 0 Å². The van der Waals surface area contributed by atoms with Crippen molar-refractivity contribution in [1.82, 2.24) is 0 Å². The van der Waals surface area contributed by atoms with Crippen LogP contribution in [0.5, 0.6) is 5.75 Å². The summed E-state index contributed by atoms with van der Waals surface area (Å²) in [6, 6.07) is 12.7. The molecule has 0 fully saturated rings. The highest BCUT2D eigenvalue weighted by molar-refractivity contribution is 9.10. The number of hydrogen-bond acceptors (Lipinski definition) is 4. The van der Waals surface area contributed by atoms with Crippen LogP contribution in [0, 0.1) is 0 Å². The largest absolute Gasteiger partial charge is 0.497 e. The number of para-hydroxylation sites is 1. The van der Waals surface area contributed by atoms with Gasteiger partial charge in [0.2, 0.25) is 15.9 Å². The number of nitrogens with one attached hydrogen (secondary N) is 1. The molecule has 0 radical (unpaired) electrons. The Morgan fingerprint density at radius 2 is 1.76 bits per heavy atom. The van der Waals surface area contributed by atoms with E-state index in [0.29, 0.717) is 21.6 Å². The molecule has 0 aromatic heterocycles. The van der Waals surface area contributed by atoms with E-state index in [4.69, 9.17) is 4.74 Å². The molecule has 0 bridgehead atoms. The van der Waals surface area contributed by atoms with Gasteiger partial charge in [0.1, 0.15) is 11.8 Å². The number of amides is 1. The van der Waals surface area contributed by atoms with Crippen LogP contribution in [0.25, 0.3) is 0 Å². The van der Waals surface area contributed by atoms with Crippen LogP contribution in [-0.4, -0.2) is 33.7 Å². The van der Waals surface area contributed by atoms with Crippen LogP contribution in [0.3, 0.4) is 0 Å². The number of anilines is 2. The Labute approximate surface area is 156 Å². The van der Waals surface area contributed by atoms with Gasteiger partial charge in [-0.15, -0.1) is 0 Å². The number of benzene rings is 2. The SMILES string of the molecule is COc1ccc(N([C@H](C)C(=O)Nc2ccccc2Br)S(C)(=O)=O)cc1. The molecule has 8 heteroatoms. The molecular weight excluding hydrogens is 408 g/mol. The highest BCUT2D eigenvalue weighted by Gasteiger charge is 2.29. The molecule has 1 atom stereocenters. The van der Waals surface area contributed by atoms with Crippen LogP contribution in [0.15, 0.2) is 53.0 Å². The molecule has 2 rings (SSSR count). The van der Waals surface area contributed by atoms with E-state index in [1.807, 2.05) is 6.07 Å². The lowest BCUT2D eigenvalue weighted by Gasteiger charge is -2.28. The number of carbonyl (C=O) groups excluding carboxylic acids is 1. The number of rotatable bonds is 6. The van der Waals surface area contributed by atoms with Gasteiger partial charge < -0.3 is 10.1 Å². The van der Waals surface area contributed by atoms with E-state index in [9.17, 15) is 13.2 Å². The number of methoxy groups -OCH3 is 1. The summed E-state index contributed by atoms with van der Waals surface area (Å²) in [4.78, 5) is 12.6. The third kappa shape index (κ3) is 4.73. The summed E-state index contributed by atoms with van der Waals surface area (Å²) in [5, 5.41) is 2.74. The number of carbonyl (C=O) groups is 1. The zero-order chi connectivity index (χ0) is 18.6. The number of nitrogens with zero attached hydrogens (tertiary/aromatic N) is 1. The zero-order valence-corrected chi connectivity index (χ0v) is 16.5. The van der Waals surface area contributed by atoms with Crippen molar-refractivity contribution in [2.45, 2.75) is 13.0 Å². The maximum atomic E-state index is 12.6. The van der Waals surface area contributed by atoms with E-state index in [2.05, 4.69) is 21.2 Å². The number of ether oxygens (including phenoxy) is 1. The van der Waals surface area contributed by atoms with Gasteiger partial charge in [0, 0.05) is 4.47 Å². The van der Waals surface area contributed by atoms with Gasteiger partial charge in [-0.05, 0) is 59.3 Å². The molecule has 134 valence electrons. The van der Waals surface area contributed by atoms with Crippen molar-refractivity contribution in [1.29, 1.82) is 0 Å².